The topological polar surface area (TPSA) is 60.9 Å². The number of methoxy groups -OCH3 is 1. The molecule has 0 saturated carbocycles. The van der Waals surface area contributed by atoms with Gasteiger partial charge in [0, 0.05) is 54.1 Å². The standard InChI is InChI=1S/C32H32N4O2S/c1-38-29-21-26(35-17-8-3-9-18-35)15-14-23(29)20-30-31(37)36(32(39-30)34-25-10-4-2-5-11-25)19-16-24-22-33-28-13-7-6-12-27(24)28/h2,4-7,10-15,20-22,33H,3,8-9,16-19H2,1H3/b30-20-,34-32?. The van der Waals surface area contributed by atoms with Gasteiger partial charge in [-0.3, -0.25) is 9.69 Å². The molecule has 0 atom stereocenters. The van der Waals surface area contributed by atoms with Crippen molar-refractivity contribution in [3.05, 3.63) is 95.0 Å². The van der Waals surface area contributed by atoms with E-state index in [2.05, 4.69) is 40.2 Å². The molecule has 2 fully saturated rings. The van der Waals surface area contributed by atoms with Crippen molar-refractivity contribution in [2.45, 2.75) is 25.7 Å². The number of anilines is 1. The first-order valence-electron chi connectivity index (χ1n) is 13.5. The smallest absolute Gasteiger partial charge is 0.266 e. The number of aromatic nitrogens is 1. The van der Waals surface area contributed by atoms with E-state index in [1.54, 1.807) is 12.0 Å². The quantitative estimate of drug-likeness (QED) is 0.258. The van der Waals surface area contributed by atoms with Gasteiger partial charge in [-0.15, -0.1) is 0 Å². The van der Waals surface area contributed by atoms with E-state index in [4.69, 9.17) is 9.73 Å². The number of benzene rings is 3. The van der Waals surface area contributed by atoms with Crippen molar-refractivity contribution in [3.8, 4) is 5.75 Å². The SMILES string of the molecule is COc1cc(N2CCCCC2)ccc1/C=C1\SC(=Nc2ccccc2)N(CCc2c[nH]c3ccccc23)C1=O. The number of amidine groups is 1. The van der Waals surface area contributed by atoms with Crippen LogP contribution in [0.3, 0.4) is 0 Å². The first kappa shape index (κ1) is 25.3. The zero-order valence-corrected chi connectivity index (χ0v) is 22.9. The highest BCUT2D eigenvalue weighted by molar-refractivity contribution is 8.18. The van der Waals surface area contributed by atoms with Crippen LogP contribution in [0.4, 0.5) is 11.4 Å². The van der Waals surface area contributed by atoms with E-state index in [0.717, 1.165) is 42.0 Å². The third kappa shape index (κ3) is 5.45. The molecule has 1 amide bonds. The predicted octanol–water partition coefficient (Wildman–Crippen LogP) is 7.01. The highest BCUT2D eigenvalue weighted by Gasteiger charge is 2.33. The molecule has 0 bridgehead atoms. The average Bonchev–Trinajstić information content (AvgIpc) is 3.53. The summed E-state index contributed by atoms with van der Waals surface area (Å²) in [6.07, 6.45) is 8.44. The molecule has 4 aromatic rings. The molecule has 1 N–H and O–H groups in total. The maximum absolute atomic E-state index is 13.7. The minimum atomic E-state index is -0.0308. The molecule has 7 heteroatoms. The molecule has 39 heavy (non-hydrogen) atoms. The molecular weight excluding hydrogens is 504 g/mol. The van der Waals surface area contributed by atoms with Crippen LogP contribution in [0.1, 0.15) is 30.4 Å². The van der Waals surface area contributed by atoms with E-state index in [-0.39, 0.29) is 5.91 Å². The summed E-state index contributed by atoms with van der Waals surface area (Å²) < 4.78 is 5.77. The van der Waals surface area contributed by atoms with Crippen molar-refractivity contribution in [1.82, 2.24) is 9.88 Å². The lowest BCUT2D eigenvalue weighted by atomic mass is 10.1. The van der Waals surface area contributed by atoms with Crippen molar-refractivity contribution >= 4 is 51.2 Å². The number of piperidine rings is 1. The van der Waals surface area contributed by atoms with Crippen molar-refractivity contribution in [1.29, 1.82) is 0 Å². The predicted molar refractivity (Wildman–Crippen MR) is 162 cm³/mol. The number of nitrogens with zero attached hydrogens (tertiary/aromatic N) is 3. The molecule has 2 saturated heterocycles. The largest absolute Gasteiger partial charge is 0.496 e. The number of rotatable bonds is 7. The molecule has 1 aromatic heterocycles. The van der Waals surface area contributed by atoms with E-state index in [1.807, 2.05) is 54.7 Å². The van der Waals surface area contributed by atoms with Gasteiger partial charge in [0.05, 0.1) is 17.7 Å². The second kappa shape index (κ2) is 11.4. The van der Waals surface area contributed by atoms with E-state index in [1.165, 1.54) is 47.7 Å². The molecule has 0 unspecified atom stereocenters. The Labute approximate surface area is 233 Å². The number of carbonyl (C=O) groups excluding carboxylic acids is 1. The second-order valence-electron chi connectivity index (χ2n) is 9.88. The Bertz CT molecular complexity index is 1540. The molecule has 6 nitrogen and oxygen atoms in total. The van der Waals surface area contributed by atoms with Gasteiger partial charge in [-0.1, -0.05) is 36.4 Å². The Morgan fingerprint density at radius 3 is 2.62 bits per heavy atom. The van der Waals surface area contributed by atoms with Crippen molar-refractivity contribution < 1.29 is 9.53 Å². The summed E-state index contributed by atoms with van der Waals surface area (Å²) >= 11 is 1.42. The van der Waals surface area contributed by atoms with Gasteiger partial charge in [0.25, 0.3) is 5.91 Å². The van der Waals surface area contributed by atoms with Crippen LogP contribution in [0.15, 0.2) is 88.9 Å². The Morgan fingerprint density at radius 2 is 1.79 bits per heavy atom. The lowest BCUT2D eigenvalue weighted by Gasteiger charge is -2.29. The number of thioether (sulfide) groups is 1. The molecular formula is C32H32N4O2S. The van der Waals surface area contributed by atoms with Crippen LogP contribution in [0.5, 0.6) is 5.75 Å². The number of aliphatic imine (C=N–C) groups is 1. The highest BCUT2D eigenvalue weighted by Crippen LogP contribution is 2.37. The van der Waals surface area contributed by atoms with Gasteiger partial charge < -0.3 is 14.6 Å². The van der Waals surface area contributed by atoms with E-state index < -0.39 is 0 Å². The summed E-state index contributed by atoms with van der Waals surface area (Å²) in [6, 6.07) is 24.4. The number of carbonyl (C=O) groups is 1. The Morgan fingerprint density at radius 1 is 1.00 bits per heavy atom. The number of para-hydroxylation sites is 2. The third-order valence-electron chi connectivity index (χ3n) is 7.37. The van der Waals surface area contributed by atoms with Gasteiger partial charge >= 0.3 is 0 Å². The average molecular weight is 537 g/mol. The van der Waals surface area contributed by atoms with E-state index >= 15 is 0 Å². The molecule has 0 spiro atoms. The zero-order chi connectivity index (χ0) is 26.6. The fraction of sp³-hybridized carbons (Fsp3) is 0.250. The van der Waals surface area contributed by atoms with Gasteiger partial charge in [0.2, 0.25) is 0 Å². The van der Waals surface area contributed by atoms with Gasteiger partial charge in [0.15, 0.2) is 5.17 Å². The monoisotopic (exact) mass is 536 g/mol. The maximum Gasteiger partial charge on any atom is 0.266 e. The molecule has 3 aromatic carbocycles. The molecule has 2 aliphatic rings. The first-order valence-corrected chi connectivity index (χ1v) is 14.3. The van der Waals surface area contributed by atoms with Crippen LogP contribution < -0.4 is 9.64 Å². The maximum atomic E-state index is 13.7. The van der Waals surface area contributed by atoms with Gasteiger partial charge in [-0.05, 0) is 79.4 Å². The number of hydrogen-bond acceptors (Lipinski definition) is 5. The summed E-state index contributed by atoms with van der Waals surface area (Å²) in [5.41, 5.74) is 5.19. The number of ether oxygens (including phenoxy) is 1. The van der Waals surface area contributed by atoms with Crippen LogP contribution in [0.2, 0.25) is 0 Å². The number of aromatic amines is 1. The lowest BCUT2D eigenvalue weighted by Crippen LogP contribution is -2.31. The second-order valence-corrected chi connectivity index (χ2v) is 10.9. The van der Waals surface area contributed by atoms with Crippen molar-refractivity contribution in [3.63, 3.8) is 0 Å². The highest BCUT2D eigenvalue weighted by atomic mass is 32.2. The molecule has 0 radical (unpaired) electrons. The molecule has 198 valence electrons. The van der Waals surface area contributed by atoms with Gasteiger partial charge in [-0.2, -0.15) is 0 Å². The minimum absolute atomic E-state index is 0.0308. The van der Waals surface area contributed by atoms with E-state index in [9.17, 15) is 4.79 Å². The summed E-state index contributed by atoms with van der Waals surface area (Å²) in [7, 11) is 1.69. The zero-order valence-electron chi connectivity index (χ0n) is 22.1. The Hall–Kier alpha value is -3.97. The number of H-pyrrole nitrogens is 1. The van der Waals surface area contributed by atoms with Crippen molar-refractivity contribution in [2.24, 2.45) is 4.99 Å². The Balaban J connectivity index is 1.29. The fourth-order valence-corrected chi connectivity index (χ4v) is 6.30. The molecule has 3 heterocycles. The van der Waals surface area contributed by atoms with Crippen molar-refractivity contribution in [2.75, 3.05) is 31.6 Å². The molecule has 0 aliphatic carbocycles. The molecule has 6 rings (SSSR count). The summed E-state index contributed by atoms with van der Waals surface area (Å²) in [6.45, 7) is 2.69. The summed E-state index contributed by atoms with van der Waals surface area (Å²) in [5, 5.41) is 1.88. The van der Waals surface area contributed by atoms with Crippen LogP contribution in [0.25, 0.3) is 17.0 Å². The van der Waals surface area contributed by atoms with Crippen LogP contribution in [-0.2, 0) is 11.2 Å². The normalized spacial score (nSPS) is 18.0. The first-order chi connectivity index (χ1) is 19.2. The minimum Gasteiger partial charge on any atom is -0.496 e. The lowest BCUT2D eigenvalue weighted by molar-refractivity contribution is -0.122. The molecule has 2 aliphatic heterocycles. The fourth-order valence-electron chi connectivity index (χ4n) is 5.28. The summed E-state index contributed by atoms with van der Waals surface area (Å²) in [5.74, 6) is 0.745. The van der Waals surface area contributed by atoms with Gasteiger partial charge in [-0.25, -0.2) is 4.99 Å². The number of fused-ring (bicyclic) bond motifs is 1. The third-order valence-corrected chi connectivity index (χ3v) is 8.38. The van der Waals surface area contributed by atoms with Crippen LogP contribution in [0, 0.1) is 0 Å². The summed E-state index contributed by atoms with van der Waals surface area (Å²) in [4.78, 5) is 26.8. The number of hydrogen-bond donors (Lipinski definition) is 1. The number of nitrogens with one attached hydrogen (secondary N) is 1. The van der Waals surface area contributed by atoms with Crippen LogP contribution >= 0.6 is 11.8 Å². The Kier molecular flexibility index (Phi) is 7.41. The van der Waals surface area contributed by atoms with E-state index in [0.29, 0.717) is 16.6 Å². The number of amides is 1. The van der Waals surface area contributed by atoms with Crippen LogP contribution in [-0.4, -0.2) is 47.7 Å². The van der Waals surface area contributed by atoms with Gasteiger partial charge in [0.1, 0.15) is 5.75 Å².